The van der Waals surface area contributed by atoms with Gasteiger partial charge in [0.05, 0.1) is 5.02 Å². The molecule has 0 saturated carbocycles. The summed E-state index contributed by atoms with van der Waals surface area (Å²) in [7, 11) is -2.03. The Morgan fingerprint density at radius 2 is 1.81 bits per heavy atom. The number of benzene rings is 1. The summed E-state index contributed by atoms with van der Waals surface area (Å²) in [4.78, 5) is -0.00869. The molecule has 0 aliphatic heterocycles. The lowest BCUT2D eigenvalue weighted by molar-refractivity contribution is 0.474. The molecule has 1 rings (SSSR count). The third-order valence-corrected chi connectivity index (χ3v) is 5.36. The highest BCUT2D eigenvalue weighted by Crippen LogP contribution is 2.31. The molecule has 1 aromatic carbocycles. The van der Waals surface area contributed by atoms with Gasteiger partial charge in [-0.25, -0.2) is 8.42 Å². The van der Waals surface area contributed by atoms with Gasteiger partial charge in [0.25, 0.3) is 0 Å². The molecule has 0 atom stereocenters. The van der Waals surface area contributed by atoms with Crippen LogP contribution in [0.1, 0.15) is 5.56 Å². The predicted molar refractivity (Wildman–Crippen MR) is 88.4 cm³/mol. The second-order valence-corrected chi connectivity index (χ2v) is 7.03. The molecule has 0 radical (unpaired) electrons. The molecule has 1 N–H and O–H groups in total. The Kier molecular flexibility index (Phi) is 6.90. The number of hydrogen-bond donors (Lipinski definition) is 1. The fourth-order valence-electron chi connectivity index (χ4n) is 1.82. The smallest absolute Gasteiger partial charge is 0.245 e. The van der Waals surface area contributed by atoms with Crippen molar-refractivity contribution in [3.63, 3.8) is 0 Å². The van der Waals surface area contributed by atoms with E-state index in [9.17, 15) is 8.42 Å². The van der Waals surface area contributed by atoms with Crippen LogP contribution in [0.3, 0.4) is 0 Å². The number of rotatable bonds is 8. The molecule has 1 aromatic rings. The van der Waals surface area contributed by atoms with E-state index in [1.165, 1.54) is 22.5 Å². The van der Waals surface area contributed by atoms with E-state index in [-0.39, 0.29) is 23.0 Å². The Labute approximate surface area is 136 Å². The summed E-state index contributed by atoms with van der Waals surface area (Å²) in [6.07, 6.45) is 3.02. The van der Waals surface area contributed by atoms with E-state index in [4.69, 9.17) is 23.2 Å². The van der Waals surface area contributed by atoms with Gasteiger partial charge in [-0.2, -0.15) is 4.31 Å². The first kappa shape index (κ1) is 18.2. The molecule has 0 spiro atoms. The third-order valence-electron chi connectivity index (χ3n) is 2.73. The highest BCUT2D eigenvalue weighted by molar-refractivity contribution is 7.89. The fraction of sp³-hybridized carbons (Fsp3) is 0.286. The van der Waals surface area contributed by atoms with Crippen molar-refractivity contribution >= 4 is 33.2 Å². The average molecular weight is 349 g/mol. The number of nitrogens with zero attached hydrogens (tertiary/aromatic N) is 1. The molecule has 0 aliphatic carbocycles. The lowest BCUT2D eigenvalue weighted by Gasteiger charge is -2.21. The van der Waals surface area contributed by atoms with E-state index >= 15 is 0 Å². The molecule has 0 saturated heterocycles. The minimum absolute atomic E-state index is 0.00869. The van der Waals surface area contributed by atoms with Gasteiger partial charge in [-0.1, -0.05) is 35.4 Å². The summed E-state index contributed by atoms with van der Waals surface area (Å²) in [5, 5.41) is 3.42. The number of hydrogen-bond acceptors (Lipinski definition) is 3. The van der Waals surface area contributed by atoms with Gasteiger partial charge in [-0.05, 0) is 24.7 Å². The number of nitrogens with one attached hydrogen (secondary N) is 1. The molecule has 4 nitrogen and oxygen atoms in total. The zero-order valence-electron chi connectivity index (χ0n) is 11.8. The summed E-state index contributed by atoms with van der Waals surface area (Å²) in [6, 6.07) is 3.00. The van der Waals surface area contributed by atoms with E-state index in [2.05, 4.69) is 18.5 Å². The quantitative estimate of drug-likeness (QED) is 0.734. The van der Waals surface area contributed by atoms with Gasteiger partial charge in [0.15, 0.2) is 0 Å². The topological polar surface area (TPSA) is 49.4 Å². The van der Waals surface area contributed by atoms with Crippen molar-refractivity contribution in [2.45, 2.75) is 11.4 Å². The Hall–Kier alpha value is -0.850. The molecule has 7 heteroatoms. The highest BCUT2D eigenvalue weighted by Gasteiger charge is 2.26. The highest BCUT2D eigenvalue weighted by atomic mass is 35.5. The van der Waals surface area contributed by atoms with E-state index in [0.717, 1.165) is 0 Å². The van der Waals surface area contributed by atoms with Crippen LogP contribution in [-0.4, -0.2) is 32.9 Å². The largest absolute Gasteiger partial charge is 0.316 e. The summed E-state index contributed by atoms with van der Waals surface area (Å²) in [6.45, 7) is 7.89. The van der Waals surface area contributed by atoms with Crippen LogP contribution in [0.15, 0.2) is 42.3 Å². The molecular weight excluding hydrogens is 331 g/mol. The number of sulfonamides is 1. The van der Waals surface area contributed by atoms with Crippen molar-refractivity contribution in [2.75, 3.05) is 20.1 Å². The van der Waals surface area contributed by atoms with Gasteiger partial charge < -0.3 is 5.32 Å². The molecule has 21 heavy (non-hydrogen) atoms. The van der Waals surface area contributed by atoms with Gasteiger partial charge in [-0.3, -0.25) is 0 Å². The van der Waals surface area contributed by atoms with E-state index in [1.54, 1.807) is 13.1 Å². The van der Waals surface area contributed by atoms with E-state index < -0.39 is 10.0 Å². The standard InChI is InChI=1S/C14H18Cl2N2O2S/c1-4-6-18(7-5-2)21(19,20)13-9-12(15)8-11(10-17-3)14(13)16/h4-5,8-9,17H,1-2,6-7,10H2,3H3. The van der Waals surface area contributed by atoms with Crippen LogP contribution in [-0.2, 0) is 16.6 Å². The SMILES string of the molecule is C=CCN(CC=C)S(=O)(=O)c1cc(Cl)cc(CNC)c1Cl. The van der Waals surface area contributed by atoms with Crippen molar-refractivity contribution in [3.8, 4) is 0 Å². The van der Waals surface area contributed by atoms with Crippen LogP contribution in [0, 0.1) is 0 Å². The average Bonchev–Trinajstić information content (AvgIpc) is 2.42. The first-order valence-corrected chi connectivity index (χ1v) is 8.42. The predicted octanol–water partition coefficient (Wildman–Crippen LogP) is 3.08. The third kappa shape index (κ3) is 4.31. The molecule has 0 unspecified atom stereocenters. The molecule has 0 heterocycles. The van der Waals surface area contributed by atoms with Crippen molar-refractivity contribution < 1.29 is 8.42 Å². The molecule has 0 bridgehead atoms. The summed E-state index contributed by atoms with van der Waals surface area (Å²) in [5.74, 6) is 0. The first-order valence-electron chi connectivity index (χ1n) is 6.23. The Bertz CT molecular complexity index is 620. The van der Waals surface area contributed by atoms with Crippen LogP contribution in [0.2, 0.25) is 10.0 Å². The summed E-state index contributed by atoms with van der Waals surface area (Å²) >= 11 is 12.2. The van der Waals surface area contributed by atoms with Crippen molar-refractivity contribution in [1.29, 1.82) is 0 Å². The van der Waals surface area contributed by atoms with Crippen molar-refractivity contribution in [3.05, 3.63) is 53.1 Å². The maximum atomic E-state index is 12.7. The molecule has 0 amide bonds. The minimum atomic E-state index is -3.77. The minimum Gasteiger partial charge on any atom is -0.316 e. The van der Waals surface area contributed by atoms with E-state index in [1.807, 2.05) is 0 Å². The van der Waals surface area contributed by atoms with Gasteiger partial charge in [0.1, 0.15) is 4.90 Å². The van der Waals surface area contributed by atoms with Crippen LogP contribution < -0.4 is 5.32 Å². The maximum absolute atomic E-state index is 12.7. The zero-order chi connectivity index (χ0) is 16.0. The van der Waals surface area contributed by atoms with Gasteiger partial charge in [0.2, 0.25) is 10.0 Å². The fourth-order valence-corrected chi connectivity index (χ4v) is 4.11. The van der Waals surface area contributed by atoms with Crippen LogP contribution in [0.4, 0.5) is 0 Å². The lowest BCUT2D eigenvalue weighted by Crippen LogP contribution is -2.31. The lowest BCUT2D eigenvalue weighted by atomic mass is 10.2. The molecular formula is C14H18Cl2N2O2S. The molecule has 116 valence electrons. The normalized spacial score (nSPS) is 11.6. The monoisotopic (exact) mass is 348 g/mol. The zero-order valence-corrected chi connectivity index (χ0v) is 14.1. The summed E-state index contributed by atoms with van der Waals surface area (Å²) < 4.78 is 26.6. The van der Waals surface area contributed by atoms with Crippen LogP contribution >= 0.6 is 23.2 Å². The number of halogens is 2. The summed E-state index contributed by atoms with van der Waals surface area (Å²) in [5.41, 5.74) is 0.627. The molecule has 0 aliphatic rings. The second kappa shape index (κ2) is 7.96. The van der Waals surface area contributed by atoms with E-state index in [0.29, 0.717) is 17.1 Å². The van der Waals surface area contributed by atoms with Crippen LogP contribution in [0.25, 0.3) is 0 Å². The first-order chi connectivity index (χ1) is 9.88. The van der Waals surface area contributed by atoms with Crippen molar-refractivity contribution in [2.24, 2.45) is 0 Å². The van der Waals surface area contributed by atoms with Gasteiger partial charge >= 0.3 is 0 Å². The second-order valence-electron chi connectivity index (χ2n) is 4.31. The Balaban J connectivity index is 3.41. The van der Waals surface area contributed by atoms with Crippen LogP contribution in [0.5, 0.6) is 0 Å². The Morgan fingerprint density at radius 1 is 1.24 bits per heavy atom. The molecule has 0 fully saturated rings. The van der Waals surface area contributed by atoms with Gasteiger partial charge in [-0.15, -0.1) is 13.2 Å². The molecule has 0 aromatic heterocycles. The van der Waals surface area contributed by atoms with Crippen molar-refractivity contribution in [1.82, 2.24) is 9.62 Å². The van der Waals surface area contributed by atoms with Gasteiger partial charge in [0, 0.05) is 24.7 Å². The Morgan fingerprint density at radius 3 is 2.29 bits per heavy atom. The maximum Gasteiger partial charge on any atom is 0.245 e.